The van der Waals surface area contributed by atoms with E-state index >= 15 is 0 Å². The van der Waals surface area contributed by atoms with Crippen LogP contribution < -0.4 is 11.1 Å². The maximum absolute atomic E-state index is 13.4. The average molecular weight is 454 g/mol. The molecule has 0 bridgehead atoms. The lowest BCUT2D eigenvalue weighted by atomic mass is 10.1. The van der Waals surface area contributed by atoms with Gasteiger partial charge in [0.15, 0.2) is 5.65 Å². The molecule has 0 aliphatic heterocycles. The Labute approximate surface area is 187 Å². The van der Waals surface area contributed by atoms with Crippen molar-refractivity contribution < 1.29 is 9.59 Å². The first-order chi connectivity index (χ1) is 14.7. The third-order valence-corrected chi connectivity index (χ3v) is 7.30. The summed E-state index contributed by atoms with van der Waals surface area (Å²) in [6, 6.07) is 5.91. The van der Waals surface area contributed by atoms with Crippen molar-refractivity contribution in [2.24, 2.45) is 5.73 Å². The fourth-order valence-corrected chi connectivity index (χ4v) is 5.35. The van der Waals surface area contributed by atoms with Crippen LogP contribution in [0.25, 0.3) is 21.6 Å². The molecule has 0 aromatic carbocycles. The molecular weight excluding hydrogens is 430 g/mol. The van der Waals surface area contributed by atoms with E-state index in [1.165, 1.54) is 11.3 Å². The Morgan fingerprint density at radius 3 is 2.52 bits per heavy atom. The maximum Gasteiger partial charge on any atom is 0.257 e. The molecule has 0 radical (unpaired) electrons. The summed E-state index contributed by atoms with van der Waals surface area (Å²) in [6.07, 6.45) is 1.67. The number of pyridine rings is 1. The number of anilines is 1. The van der Waals surface area contributed by atoms with E-state index in [1.807, 2.05) is 51.4 Å². The molecule has 0 aliphatic carbocycles. The number of nitrogens with two attached hydrogens (primary N) is 1. The van der Waals surface area contributed by atoms with Gasteiger partial charge in [0.05, 0.1) is 33.3 Å². The van der Waals surface area contributed by atoms with Crippen molar-refractivity contribution in [3.05, 3.63) is 50.8 Å². The van der Waals surface area contributed by atoms with Gasteiger partial charge in [0.1, 0.15) is 5.00 Å². The summed E-state index contributed by atoms with van der Waals surface area (Å²) in [5.41, 5.74) is 8.53. The van der Waals surface area contributed by atoms with Crippen LogP contribution in [0, 0.1) is 20.8 Å². The summed E-state index contributed by atoms with van der Waals surface area (Å²) in [6.45, 7) is 9.80. The minimum Gasteiger partial charge on any atom is -0.365 e. The van der Waals surface area contributed by atoms with E-state index in [1.54, 1.807) is 23.6 Å². The molecule has 0 spiro atoms. The number of carbonyl (C=O) groups is 2. The van der Waals surface area contributed by atoms with E-state index in [4.69, 9.17) is 10.7 Å². The number of nitrogens with one attached hydrogen (secondary N) is 1. The van der Waals surface area contributed by atoms with Crippen molar-refractivity contribution >= 4 is 50.5 Å². The predicted octanol–water partition coefficient (Wildman–Crippen LogP) is 5.08. The fourth-order valence-electron chi connectivity index (χ4n) is 3.46. The number of aryl methyl sites for hydroxylation is 2. The Bertz CT molecular complexity index is 1330. The third-order valence-electron chi connectivity index (χ3n) is 5.15. The van der Waals surface area contributed by atoms with Gasteiger partial charge in [0.2, 0.25) is 0 Å². The van der Waals surface area contributed by atoms with Gasteiger partial charge in [-0.1, -0.05) is 0 Å². The quantitative estimate of drug-likeness (QED) is 0.440. The summed E-state index contributed by atoms with van der Waals surface area (Å²) >= 11 is 2.96. The smallest absolute Gasteiger partial charge is 0.257 e. The zero-order valence-electron chi connectivity index (χ0n) is 17.9. The number of hydrogen-bond acceptors (Lipinski definition) is 6. The number of thiophene rings is 2. The molecule has 4 heterocycles. The second-order valence-corrected chi connectivity index (χ2v) is 10.2. The highest BCUT2D eigenvalue weighted by Gasteiger charge is 2.23. The van der Waals surface area contributed by atoms with Crippen molar-refractivity contribution in [3.63, 3.8) is 0 Å². The normalized spacial score (nSPS) is 11.4. The fraction of sp³-hybridized carbons (Fsp3) is 0.273. The van der Waals surface area contributed by atoms with Gasteiger partial charge in [-0.05, 0) is 58.4 Å². The van der Waals surface area contributed by atoms with Crippen LogP contribution in [-0.2, 0) is 0 Å². The van der Waals surface area contributed by atoms with Gasteiger partial charge < -0.3 is 11.1 Å². The van der Waals surface area contributed by atoms with Gasteiger partial charge in [-0.2, -0.15) is 5.10 Å². The number of hydrogen-bond donors (Lipinski definition) is 2. The van der Waals surface area contributed by atoms with E-state index in [9.17, 15) is 9.59 Å². The van der Waals surface area contributed by atoms with E-state index in [-0.39, 0.29) is 11.9 Å². The molecule has 7 nitrogen and oxygen atoms in total. The van der Waals surface area contributed by atoms with Crippen molar-refractivity contribution in [3.8, 4) is 10.6 Å². The highest BCUT2D eigenvalue weighted by Crippen LogP contribution is 2.34. The van der Waals surface area contributed by atoms with E-state index in [2.05, 4.69) is 10.4 Å². The summed E-state index contributed by atoms with van der Waals surface area (Å²) in [5.74, 6) is -0.881. The molecule has 4 aromatic heterocycles. The molecule has 0 saturated carbocycles. The molecular formula is C22H23N5O2S2. The lowest BCUT2D eigenvalue weighted by molar-refractivity contribution is 0.100. The number of rotatable bonds is 5. The number of fused-ring (bicyclic) bond motifs is 1. The lowest BCUT2D eigenvalue weighted by Gasteiger charge is -2.10. The van der Waals surface area contributed by atoms with Crippen LogP contribution in [0.15, 0.2) is 24.4 Å². The van der Waals surface area contributed by atoms with Crippen molar-refractivity contribution in [2.45, 2.75) is 40.7 Å². The first-order valence-electron chi connectivity index (χ1n) is 9.83. The monoisotopic (exact) mass is 453 g/mol. The van der Waals surface area contributed by atoms with Gasteiger partial charge >= 0.3 is 0 Å². The Morgan fingerprint density at radius 2 is 1.90 bits per heavy atom. The minimum atomic E-state index is -0.556. The second-order valence-electron chi connectivity index (χ2n) is 7.69. The zero-order valence-corrected chi connectivity index (χ0v) is 19.6. The molecule has 31 heavy (non-hydrogen) atoms. The van der Waals surface area contributed by atoms with Crippen molar-refractivity contribution in [1.82, 2.24) is 14.8 Å². The van der Waals surface area contributed by atoms with E-state index in [0.717, 1.165) is 20.2 Å². The predicted molar refractivity (Wildman–Crippen MR) is 126 cm³/mol. The van der Waals surface area contributed by atoms with Gasteiger partial charge in [-0.25, -0.2) is 9.67 Å². The number of amides is 2. The first kappa shape index (κ1) is 21.2. The van der Waals surface area contributed by atoms with E-state index < -0.39 is 5.91 Å². The zero-order chi connectivity index (χ0) is 22.4. The summed E-state index contributed by atoms with van der Waals surface area (Å²) in [7, 11) is 0. The highest BCUT2D eigenvalue weighted by molar-refractivity contribution is 7.17. The molecule has 160 valence electrons. The number of nitrogens with zero attached hydrogens (tertiary/aromatic N) is 3. The molecule has 4 rings (SSSR count). The molecule has 0 saturated heterocycles. The first-order valence-corrected chi connectivity index (χ1v) is 11.5. The van der Waals surface area contributed by atoms with Crippen LogP contribution in [0.2, 0.25) is 0 Å². The van der Waals surface area contributed by atoms with Gasteiger partial charge in [-0.3, -0.25) is 9.59 Å². The van der Waals surface area contributed by atoms with Crippen LogP contribution in [0.5, 0.6) is 0 Å². The number of primary amides is 1. The van der Waals surface area contributed by atoms with Gasteiger partial charge in [0, 0.05) is 15.8 Å². The summed E-state index contributed by atoms with van der Waals surface area (Å²) in [4.78, 5) is 33.2. The van der Waals surface area contributed by atoms with Gasteiger partial charge in [-0.15, -0.1) is 22.7 Å². The molecule has 9 heteroatoms. The molecule has 0 unspecified atom stereocenters. The molecule has 0 fully saturated rings. The highest BCUT2D eigenvalue weighted by atomic mass is 32.1. The average Bonchev–Trinajstić information content (AvgIpc) is 3.38. The van der Waals surface area contributed by atoms with Crippen molar-refractivity contribution in [2.75, 3.05) is 5.32 Å². The van der Waals surface area contributed by atoms with Crippen LogP contribution in [0.4, 0.5) is 5.00 Å². The SMILES string of the molecule is Cc1ccc(-c2cc(C(=O)Nc3sc(C)c(C)c3C(N)=O)c3cnn(C(C)C)c3n2)s1. The molecule has 4 aromatic rings. The van der Waals surface area contributed by atoms with E-state index in [0.29, 0.717) is 32.9 Å². The Kier molecular flexibility index (Phi) is 5.40. The van der Waals surface area contributed by atoms with Crippen LogP contribution in [0.3, 0.4) is 0 Å². The van der Waals surface area contributed by atoms with Crippen molar-refractivity contribution in [1.29, 1.82) is 0 Å². The topological polar surface area (TPSA) is 103 Å². The molecule has 0 aliphatic rings. The number of aromatic nitrogens is 3. The third kappa shape index (κ3) is 3.75. The summed E-state index contributed by atoms with van der Waals surface area (Å²) < 4.78 is 1.81. The van der Waals surface area contributed by atoms with Crippen LogP contribution in [-0.4, -0.2) is 26.6 Å². The maximum atomic E-state index is 13.4. The summed E-state index contributed by atoms with van der Waals surface area (Å²) in [5, 5.41) is 8.48. The Morgan fingerprint density at radius 1 is 1.16 bits per heavy atom. The largest absolute Gasteiger partial charge is 0.365 e. The van der Waals surface area contributed by atoms with Crippen LogP contribution in [0.1, 0.15) is 55.9 Å². The lowest BCUT2D eigenvalue weighted by Crippen LogP contribution is -2.18. The second kappa shape index (κ2) is 7.90. The minimum absolute atomic E-state index is 0.0882. The molecule has 2 amide bonds. The Hall–Kier alpha value is -3.04. The molecule has 0 atom stereocenters. The van der Waals surface area contributed by atoms with Gasteiger partial charge in [0.25, 0.3) is 11.8 Å². The number of carbonyl (C=O) groups excluding carboxylic acids is 2. The molecule has 3 N–H and O–H groups in total. The van der Waals surface area contributed by atoms with Crippen LogP contribution >= 0.6 is 22.7 Å². The Balaban J connectivity index is 1.86. The standard InChI is InChI=1S/C22H23N5O2S2/c1-10(2)27-20-15(9-24-27)14(8-16(25-20)17-7-6-11(3)30-17)21(29)26-22-18(19(23)28)12(4)13(5)31-22/h6-10H,1-5H3,(H2,23,28)(H,26,29).